The summed E-state index contributed by atoms with van der Waals surface area (Å²) in [4.78, 5) is 17.9. The first kappa shape index (κ1) is 16.5. The highest BCUT2D eigenvalue weighted by molar-refractivity contribution is 7.10. The van der Waals surface area contributed by atoms with Crippen LogP contribution >= 0.6 is 22.7 Å². The summed E-state index contributed by atoms with van der Waals surface area (Å²) < 4.78 is 5.20. The van der Waals surface area contributed by atoms with Gasteiger partial charge in [-0.15, -0.1) is 22.7 Å². The molecule has 3 heterocycles. The van der Waals surface area contributed by atoms with Gasteiger partial charge >= 0.3 is 0 Å². The van der Waals surface area contributed by atoms with Crippen molar-refractivity contribution in [1.82, 2.24) is 4.90 Å². The summed E-state index contributed by atoms with van der Waals surface area (Å²) in [5.41, 5.74) is 3.03. The fraction of sp³-hybridized carbons (Fsp3) is 0.250. The van der Waals surface area contributed by atoms with Gasteiger partial charge in [0.25, 0.3) is 5.91 Å². The van der Waals surface area contributed by atoms with Gasteiger partial charge in [-0.05, 0) is 52.6 Å². The topological polar surface area (TPSA) is 29.5 Å². The second-order valence-electron chi connectivity index (χ2n) is 6.10. The number of ether oxygens (including phenoxy) is 1. The number of nitrogens with zero attached hydrogens (tertiary/aromatic N) is 1. The third-order valence-electron chi connectivity index (χ3n) is 4.52. The van der Waals surface area contributed by atoms with Crippen LogP contribution in [0.4, 0.5) is 0 Å². The molecule has 4 rings (SSSR count). The average Bonchev–Trinajstić information content (AvgIpc) is 3.32. The van der Waals surface area contributed by atoms with Crippen molar-refractivity contribution < 1.29 is 9.53 Å². The van der Waals surface area contributed by atoms with Gasteiger partial charge in [0, 0.05) is 29.0 Å². The molecule has 1 aliphatic heterocycles. The summed E-state index contributed by atoms with van der Waals surface area (Å²) in [6.45, 7) is 1.27. The lowest BCUT2D eigenvalue weighted by Gasteiger charge is -2.35. The third-order valence-corrected chi connectivity index (χ3v) is 6.45. The first-order valence-corrected chi connectivity index (χ1v) is 10.0. The summed E-state index contributed by atoms with van der Waals surface area (Å²) in [7, 11) is 1.67. The number of hydrogen-bond donors (Lipinski definition) is 0. The quantitative estimate of drug-likeness (QED) is 0.664. The molecule has 0 spiro atoms. The number of carbonyl (C=O) groups excluding carboxylic acids is 1. The van der Waals surface area contributed by atoms with E-state index in [4.69, 9.17) is 4.74 Å². The van der Waals surface area contributed by atoms with Crippen LogP contribution in [-0.2, 0) is 17.8 Å². The van der Waals surface area contributed by atoms with Crippen molar-refractivity contribution in [1.29, 1.82) is 0 Å². The number of methoxy groups -OCH3 is 1. The molecular formula is C20H19NO2S2. The zero-order chi connectivity index (χ0) is 17.2. The summed E-state index contributed by atoms with van der Waals surface area (Å²) in [6, 6.07) is 14.1. The Labute approximate surface area is 155 Å². The van der Waals surface area contributed by atoms with Crippen molar-refractivity contribution in [3.05, 3.63) is 79.7 Å². The van der Waals surface area contributed by atoms with Crippen molar-refractivity contribution >= 4 is 28.6 Å². The summed E-state index contributed by atoms with van der Waals surface area (Å²) in [6.07, 6.45) is 0.929. The molecule has 5 heteroatoms. The summed E-state index contributed by atoms with van der Waals surface area (Å²) in [5, 5.41) is 4.22. The lowest BCUT2D eigenvalue weighted by molar-refractivity contribution is 0.0698. The highest BCUT2D eigenvalue weighted by atomic mass is 32.1. The molecule has 0 aliphatic carbocycles. The van der Waals surface area contributed by atoms with Crippen molar-refractivity contribution in [2.75, 3.05) is 13.7 Å². The monoisotopic (exact) mass is 369 g/mol. The molecule has 2 aromatic heterocycles. The van der Waals surface area contributed by atoms with Crippen LogP contribution in [0.3, 0.4) is 0 Å². The predicted molar refractivity (Wildman–Crippen MR) is 102 cm³/mol. The number of fused-ring (bicyclic) bond motifs is 1. The van der Waals surface area contributed by atoms with Crippen molar-refractivity contribution in [3.63, 3.8) is 0 Å². The molecule has 3 nitrogen and oxygen atoms in total. The van der Waals surface area contributed by atoms with Crippen LogP contribution < -0.4 is 0 Å². The summed E-state index contributed by atoms with van der Waals surface area (Å²) in [5.74, 6) is 0.0909. The Kier molecular flexibility index (Phi) is 4.70. The van der Waals surface area contributed by atoms with Crippen LogP contribution in [0.2, 0.25) is 0 Å². The molecule has 0 unspecified atom stereocenters. The maximum absolute atomic E-state index is 13.3. The summed E-state index contributed by atoms with van der Waals surface area (Å²) >= 11 is 3.51. The van der Waals surface area contributed by atoms with E-state index in [0.29, 0.717) is 6.61 Å². The number of hydrogen-bond acceptors (Lipinski definition) is 4. The largest absolute Gasteiger partial charge is 0.380 e. The molecule has 25 heavy (non-hydrogen) atoms. The Morgan fingerprint density at radius 1 is 1.20 bits per heavy atom. The van der Waals surface area contributed by atoms with Gasteiger partial charge < -0.3 is 9.64 Å². The van der Waals surface area contributed by atoms with Gasteiger partial charge in [0.05, 0.1) is 12.6 Å². The van der Waals surface area contributed by atoms with Crippen molar-refractivity contribution in [2.45, 2.75) is 19.1 Å². The Morgan fingerprint density at radius 2 is 2.12 bits per heavy atom. The Bertz CT molecular complexity index is 869. The van der Waals surface area contributed by atoms with E-state index in [0.717, 1.165) is 24.1 Å². The maximum atomic E-state index is 13.3. The molecule has 128 valence electrons. The number of thiophene rings is 2. The van der Waals surface area contributed by atoms with Crippen LogP contribution in [0, 0.1) is 0 Å². The molecule has 1 aliphatic rings. The van der Waals surface area contributed by atoms with Crippen LogP contribution in [0.1, 0.15) is 37.3 Å². The average molecular weight is 370 g/mol. The lowest BCUT2D eigenvalue weighted by atomic mass is 9.97. The molecule has 0 fully saturated rings. The van der Waals surface area contributed by atoms with Gasteiger partial charge in [0.1, 0.15) is 0 Å². The maximum Gasteiger partial charge on any atom is 0.254 e. The SMILES string of the molecule is COCc1cccc(C(=O)N2CCc3sccc3[C@@H]2c2cccs2)c1. The van der Waals surface area contributed by atoms with E-state index < -0.39 is 0 Å². The number of carbonyl (C=O) groups is 1. The van der Waals surface area contributed by atoms with Gasteiger partial charge in [-0.25, -0.2) is 0 Å². The number of benzene rings is 1. The van der Waals surface area contributed by atoms with Crippen LogP contribution in [0.25, 0.3) is 0 Å². The molecule has 1 aromatic carbocycles. The van der Waals surface area contributed by atoms with Crippen LogP contribution in [0.15, 0.2) is 53.2 Å². The van der Waals surface area contributed by atoms with E-state index in [1.807, 2.05) is 29.2 Å². The Balaban J connectivity index is 1.71. The van der Waals surface area contributed by atoms with Gasteiger partial charge in [0.2, 0.25) is 0 Å². The van der Waals surface area contributed by atoms with E-state index in [1.54, 1.807) is 29.8 Å². The van der Waals surface area contributed by atoms with Gasteiger partial charge in [-0.1, -0.05) is 18.2 Å². The highest BCUT2D eigenvalue weighted by Gasteiger charge is 2.33. The number of rotatable bonds is 4. The second-order valence-corrected chi connectivity index (χ2v) is 8.08. The molecule has 0 saturated carbocycles. The molecule has 1 amide bonds. The fourth-order valence-corrected chi connectivity index (χ4v) is 5.17. The molecule has 1 atom stereocenters. The zero-order valence-electron chi connectivity index (χ0n) is 14.0. The second kappa shape index (κ2) is 7.12. The smallest absolute Gasteiger partial charge is 0.254 e. The first-order valence-electron chi connectivity index (χ1n) is 8.26. The van der Waals surface area contributed by atoms with Gasteiger partial charge in [-0.3, -0.25) is 4.79 Å². The molecular weight excluding hydrogens is 350 g/mol. The van der Waals surface area contributed by atoms with Gasteiger partial charge in [0.15, 0.2) is 0 Å². The van der Waals surface area contributed by atoms with Crippen LogP contribution in [-0.4, -0.2) is 24.5 Å². The van der Waals surface area contributed by atoms with E-state index in [2.05, 4.69) is 29.0 Å². The van der Waals surface area contributed by atoms with E-state index in [1.165, 1.54) is 15.3 Å². The molecule has 0 saturated heterocycles. The Morgan fingerprint density at radius 3 is 2.92 bits per heavy atom. The first-order chi connectivity index (χ1) is 12.3. The third kappa shape index (κ3) is 3.15. The minimum absolute atomic E-state index is 0.0218. The number of amides is 1. The van der Waals surface area contributed by atoms with E-state index in [-0.39, 0.29) is 11.9 Å². The van der Waals surface area contributed by atoms with Crippen molar-refractivity contribution in [2.24, 2.45) is 0 Å². The van der Waals surface area contributed by atoms with E-state index >= 15 is 0 Å². The lowest BCUT2D eigenvalue weighted by Crippen LogP contribution is -2.39. The zero-order valence-corrected chi connectivity index (χ0v) is 15.6. The molecule has 0 radical (unpaired) electrons. The van der Waals surface area contributed by atoms with Gasteiger partial charge in [-0.2, -0.15) is 0 Å². The van der Waals surface area contributed by atoms with E-state index in [9.17, 15) is 4.79 Å². The van der Waals surface area contributed by atoms with Crippen LogP contribution in [0.5, 0.6) is 0 Å². The minimum atomic E-state index is 0.0218. The highest BCUT2D eigenvalue weighted by Crippen LogP contribution is 2.40. The molecule has 0 N–H and O–H groups in total. The van der Waals surface area contributed by atoms with Crippen molar-refractivity contribution in [3.8, 4) is 0 Å². The minimum Gasteiger partial charge on any atom is -0.380 e. The Hall–Kier alpha value is -1.95. The fourth-order valence-electron chi connectivity index (χ4n) is 3.42. The standard InChI is InChI=1S/C20H19NO2S2/c1-23-13-14-4-2-5-15(12-14)20(22)21-9-7-17-16(8-11-25-17)19(21)18-6-3-10-24-18/h2-6,8,10-12,19H,7,9,13H2,1H3/t19-/m1/s1. The predicted octanol–water partition coefficient (Wildman–Crippen LogP) is 4.74. The molecule has 3 aromatic rings. The molecule has 0 bridgehead atoms. The normalized spacial score (nSPS) is 16.7.